The Bertz CT molecular complexity index is 2710. The second-order valence-corrected chi connectivity index (χ2v) is 13.7. The van der Waals surface area contributed by atoms with E-state index in [2.05, 4.69) is 4.98 Å². The van der Waals surface area contributed by atoms with Crippen LogP contribution in [0.15, 0.2) is 97.1 Å². The van der Waals surface area contributed by atoms with Gasteiger partial charge in [-0.05, 0) is 92.2 Å². The van der Waals surface area contributed by atoms with Crippen LogP contribution in [0.25, 0.3) is 66.1 Å². The molecule has 0 aliphatic rings. The molecule has 5 aromatic carbocycles. The van der Waals surface area contributed by atoms with Crippen molar-refractivity contribution in [1.29, 1.82) is 5.26 Å². The van der Waals surface area contributed by atoms with Crippen molar-refractivity contribution in [1.82, 2.24) is 14.1 Å². The summed E-state index contributed by atoms with van der Waals surface area (Å²) in [6, 6.07) is 17.5. The first kappa shape index (κ1) is 38.4. The summed E-state index contributed by atoms with van der Waals surface area (Å²) in [5.74, 6) is 0. The number of nitrogens with zero attached hydrogens (tertiary/aromatic N) is 4. The van der Waals surface area contributed by atoms with E-state index >= 15 is 0 Å². The van der Waals surface area contributed by atoms with E-state index in [0.29, 0.717) is 11.4 Å². The van der Waals surface area contributed by atoms with Crippen molar-refractivity contribution in [3.63, 3.8) is 0 Å². The largest absolute Gasteiger partial charge is 0.416 e. The number of halogens is 12. The zero-order chi connectivity index (χ0) is 41.9. The van der Waals surface area contributed by atoms with Crippen LogP contribution in [0.2, 0.25) is 0 Å². The van der Waals surface area contributed by atoms with Crippen LogP contribution < -0.4 is 0 Å². The SMILES string of the molecule is Cc1cc(-c2c(-n3c4cc(C(F)(F)F)ccc4c4ccc(C(F)(F)F)cc43)cc(C#N)cc2-n2c3cc(C(F)(F)F)ccc3c3ccc(C(F)(F)F)cc32)cc(C)n1. The smallest absolute Gasteiger partial charge is 0.308 e. The minimum Gasteiger partial charge on any atom is -0.308 e. The first-order chi connectivity index (χ1) is 27.0. The summed E-state index contributed by atoms with van der Waals surface area (Å²) in [5.41, 5.74) is -5.54. The number of aryl methyl sites for hydroxylation is 2. The molecule has 4 nitrogen and oxygen atoms in total. The summed E-state index contributed by atoms with van der Waals surface area (Å²) in [5, 5.41) is 10.7. The predicted molar refractivity (Wildman–Crippen MR) is 193 cm³/mol. The van der Waals surface area contributed by atoms with Gasteiger partial charge in [-0.25, -0.2) is 0 Å². The summed E-state index contributed by atoms with van der Waals surface area (Å²) in [4.78, 5) is 4.37. The van der Waals surface area contributed by atoms with Gasteiger partial charge in [0.1, 0.15) is 0 Å². The molecule has 294 valence electrons. The van der Waals surface area contributed by atoms with Gasteiger partial charge in [0.25, 0.3) is 0 Å². The summed E-state index contributed by atoms with van der Waals surface area (Å²) in [7, 11) is 0. The highest BCUT2D eigenvalue weighted by atomic mass is 19.4. The van der Waals surface area contributed by atoms with Gasteiger partial charge in [0.05, 0.1) is 67.3 Å². The van der Waals surface area contributed by atoms with E-state index in [1.807, 2.05) is 6.07 Å². The van der Waals surface area contributed by atoms with Crippen LogP contribution in [0, 0.1) is 25.2 Å². The number of pyridine rings is 1. The van der Waals surface area contributed by atoms with Crippen molar-refractivity contribution in [2.24, 2.45) is 0 Å². The van der Waals surface area contributed by atoms with Crippen molar-refractivity contribution in [3.05, 3.63) is 136 Å². The Hall–Kier alpha value is -6.50. The van der Waals surface area contributed by atoms with Gasteiger partial charge in [-0.15, -0.1) is 0 Å². The maximum absolute atomic E-state index is 14.3. The van der Waals surface area contributed by atoms with Crippen molar-refractivity contribution in [2.45, 2.75) is 38.6 Å². The molecule has 0 amide bonds. The number of nitriles is 1. The van der Waals surface area contributed by atoms with Crippen molar-refractivity contribution in [2.75, 3.05) is 0 Å². The Morgan fingerprint density at radius 1 is 0.448 bits per heavy atom. The van der Waals surface area contributed by atoms with E-state index in [-0.39, 0.29) is 71.7 Å². The highest BCUT2D eigenvalue weighted by Gasteiger charge is 2.36. The van der Waals surface area contributed by atoms with Gasteiger partial charge in [0.15, 0.2) is 0 Å². The number of benzene rings is 5. The second kappa shape index (κ2) is 12.8. The Labute approximate surface area is 318 Å². The fraction of sp³-hybridized carbons (Fsp3) is 0.143. The molecule has 58 heavy (non-hydrogen) atoms. The molecule has 8 aromatic rings. The van der Waals surface area contributed by atoms with Gasteiger partial charge in [0, 0.05) is 38.5 Å². The highest BCUT2D eigenvalue weighted by Crippen LogP contribution is 2.46. The number of fused-ring (bicyclic) bond motifs is 6. The van der Waals surface area contributed by atoms with Gasteiger partial charge >= 0.3 is 24.7 Å². The number of hydrogen-bond donors (Lipinski definition) is 0. The molecule has 0 N–H and O–H groups in total. The maximum atomic E-state index is 14.3. The zero-order valence-electron chi connectivity index (χ0n) is 29.6. The van der Waals surface area contributed by atoms with Crippen LogP contribution in [0.3, 0.4) is 0 Å². The summed E-state index contributed by atoms with van der Waals surface area (Å²) in [6.07, 6.45) is -19.7. The molecule has 8 rings (SSSR count). The van der Waals surface area contributed by atoms with Crippen LogP contribution in [0.5, 0.6) is 0 Å². The molecule has 0 fully saturated rings. The average molecular weight is 811 g/mol. The van der Waals surface area contributed by atoms with Crippen LogP contribution in [0.4, 0.5) is 52.7 Å². The van der Waals surface area contributed by atoms with Crippen LogP contribution >= 0.6 is 0 Å². The van der Waals surface area contributed by atoms with Crippen LogP contribution in [-0.4, -0.2) is 14.1 Å². The molecule has 3 heterocycles. The molecule has 0 unspecified atom stereocenters. The molecule has 0 saturated heterocycles. The molecular formula is C42H22F12N4. The number of aromatic nitrogens is 3. The first-order valence-corrected chi connectivity index (χ1v) is 17.0. The standard InChI is InChI=1S/C42H22F12N4/c1-20-11-23(12-21(2)56-20)38-36(57-32-15-24(39(43,44)45)3-7-28(32)29-8-4-25(16-33(29)57)40(46,47)48)13-22(19-55)14-37(38)58-34-17-26(41(49,50)51)5-9-30(34)31-10-6-27(18-35(31)58)42(52,53)54/h3-18H,1-2H3. The summed E-state index contributed by atoms with van der Waals surface area (Å²) in [6.45, 7) is 3.16. The molecule has 0 aliphatic carbocycles. The van der Waals surface area contributed by atoms with Crippen molar-refractivity contribution in [3.8, 4) is 28.6 Å². The van der Waals surface area contributed by atoms with Crippen molar-refractivity contribution >= 4 is 43.6 Å². The number of hydrogen-bond acceptors (Lipinski definition) is 2. The third-order valence-electron chi connectivity index (χ3n) is 9.92. The minimum absolute atomic E-state index is 0.0603. The predicted octanol–water partition coefficient (Wildman–Crippen LogP) is 13.5. The monoisotopic (exact) mass is 810 g/mol. The lowest BCUT2D eigenvalue weighted by atomic mass is 9.97. The average Bonchev–Trinajstić information content (AvgIpc) is 3.63. The lowest BCUT2D eigenvalue weighted by Crippen LogP contribution is -2.09. The van der Waals surface area contributed by atoms with Gasteiger partial charge in [-0.3, -0.25) is 4.98 Å². The highest BCUT2D eigenvalue weighted by molar-refractivity contribution is 6.12. The number of alkyl halides is 12. The van der Waals surface area contributed by atoms with E-state index in [1.54, 1.807) is 13.8 Å². The molecule has 0 aliphatic heterocycles. The van der Waals surface area contributed by atoms with E-state index in [1.165, 1.54) is 24.3 Å². The fourth-order valence-electron chi connectivity index (χ4n) is 7.57. The first-order valence-electron chi connectivity index (χ1n) is 17.0. The normalized spacial score (nSPS) is 13.0. The Morgan fingerprint density at radius 3 is 1.00 bits per heavy atom. The summed E-state index contributed by atoms with van der Waals surface area (Å²) < 4.78 is 174. The Kier molecular flexibility index (Phi) is 8.44. The fourth-order valence-corrected chi connectivity index (χ4v) is 7.57. The molecule has 0 radical (unpaired) electrons. The van der Waals surface area contributed by atoms with E-state index in [4.69, 9.17) is 0 Å². The third kappa shape index (κ3) is 6.34. The van der Waals surface area contributed by atoms with E-state index in [9.17, 15) is 57.9 Å². The molecule has 3 aromatic heterocycles. The Balaban J connectivity index is 1.64. The Morgan fingerprint density at radius 2 is 0.741 bits per heavy atom. The molecule has 0 saturated carbocycles. The lowest BCUT2D eigenvalue weighted by Gasteiger charge is -2.22. The maximum Gasteiger partial charge on any atom is 0.416 e. The van der Waals surface area contributed by atoms with E-state index < -0.39 is 47.0 Å². The molecule has 0 spiro atoms. The quantitative estimate of drug-likeness (QED) is 0.167. The molecule has 0 bridgehead atoms. The zero-order valence-corrected chi connectivity index (χ0v) is 29.6. The lowest BCUT2D eigenvalue weighted by molar-refractivity contribution is -0.138. The van der Waals surface area contributed by atoms with Gasteiger partial charge in [-0.2, -0.15) is 57.9 Å². The van der Waals surface area contributed by atoms with Crippen molar-refractivity contribution < 1.29 is 52.7 Å². The third-order valence-corrected chi connectivity index (χ3v) is 9.92. The topological polar surface area (TPSA) is 46.5 Å². The molecular weight excluding hydrogens is 788 g/mol. The van der Waals surface area contributed by atoms with E-state index in [0.717, 1.165) is 81.9 Å². The van der Waals surface area contributed by atoms with Crippen LogP contribution in [-0.2, 0) is 24.7 Å². The number of rotatable bonds is 3. The van der Waals surface area contributed by atoms with Crippen LogP contribution in [0.1, 0.15) is 39.2 Å². The van der Waals surface area contributed by atoms with Gasteiger partial charge in [-0.1, -0.05) is 24.3 Å². The molecule has 16 heteroatoms. The minimum atomic E-state index is -4.93. The molecule has 0 atom stereocenters. The van der Waals surface area contributed by atoms with Gasteiger partial charge < -0.3 is 9.13 Å². The van der Waals surface area contributed by atoms with Gasteiger partial charge in [0.2, 0.25) is 0 Å². The summed E-state index contributed by atoms with van der Waals surface area (Å²) >= 11 is 0. The second-order valence-electron chi connectivity index (χ2n) is 13.7.